The molecule has 2 aliphatic heterocycles. The minimum Gasteiger partial charge on any atom is -0.388 e. The molecule has 2 saturated heterocycles. The SMILES string of the molecule is CC[C@@]1(O)CCN(C(=O)C2(c3ccccc3)CCN(C)CC2)C[C@H]1O. The molecule has 25 heavy (non-hydrogen) atoms. The van der Waals surface area contributed by atoms with Gasteiger partial charge in [0, 0.05) is 13.1 Å². The zero-order chi connectivity index (χ0) is 18.1. The highest BCUT2D eigenvalue weighted by Crippen LogP contribution is 2.38. The summed E-state index contributed by atoms with van der Waals surface area (Å²) < 4.78 is 0. The lowest BCUT2D eigenvalue weighted by Gasteiger charge is -2.47. The van der Waals surface area contributed by atoms with Gasteiger partial charge in [-0.25, -0.2) is 0 Å². The molecule has 5 nitrogen and oxygen atoms in total. The summed E-state index contributed by atoms with van der Waals surface area (Å²) in [4.78, 5) is 17.6. The molecule has 2 atom stereocenters. The minimum absolute atomic E-state index is 0.101. The molecule has 0 aromatic heterocycles. The van der Waals surface area contributed by atoms with Gasteiger partial charge in [0.2, 0.25) is 5.91 Å². The summed E-state index contributed by atoms with van der Waals surface area (Å²) in [6.07, 6.45) is 1.63. The molecule has 1 aromatic carbocycles. The first kappa shape index (κ1) is 18.4. The number of hydrogen-bond acceptors (Lipinski definition) is 4. The van der Waals surface area contributed by atoms with Crippen molar-refractivity contribution in [3.05, 3.63) is 35.9 Å². The summed E-state index contributed by atoms with van der Waals surface area (Å²) in [5.74, 6) is 0.101. The van der Waals surface area contributed by atoms with Crippen LogP contribution in [0.15, 0.2) is 30.3 Å². The van der Waals surface area contributed by atoms with E-state index in [0.29, 0.717) is 19.4 Å². The van der Waals surface area contributed by atoms with Gasteiger partial charge in [-0.3, -0.25) is 4.79 Å². The average Bonchev–Trinajstić information content (AvgIpc) is 2.65. The van der Waals surface area contributed by atoms with Crippen LogP contribution in [0.3, 0.4) is 0 Å². The first-order valence-electron chi connectivity index (χ1n) is 9.35. The Kier molecular flexibility index (Phi) is 5.19. The van der Waals surface area contributed by atoms with Gasteiger partial charge < -0.3 is 20.0 Å². The summed E-state index contributed by atoms with van der Waals surface area (Å²) in [5.41, 5.74) is -0.516. The molecule has 1 amide bonds. The van der Waals surface area contributed by atoms with E-state index in [1.54, 1.807) is 4.90 Å². The van der Waals surface area contributed by atoms with Gasteiger partial charge in [-0.1, -0.05) is 37.3 Å². The van der Waals surface area contributed by atoms with Crippen molar-refractivity contribution in [2.45, 2.75) is 49.7 Å². The third-order valence-corrected chi connectivity index (χ3v) is 6.30. The highest BCUT2D eigenvalue weighted by Gasteiger charge is 2.48. The number of carbonyl (C=O) groups is 1. The molecule has 2 heterocycles. The maximum atomic E-state index is 13.5. The number of β-amino-alcohol motifs (C(OH)–C–C–N with tert-alkyl or cyclic N) is 1. The fourth-order valence-corrected chi connectivity index (χ4v) is 4.25. The first-order valence-corrected chi connectivity index (χ1v) is 9.35. The predicted octanol–water partition coefficient (Wildman–Crippen LogP) is 1.38. The topological polar surface area (TPSA) is 64.0 Å². The number of carbonyl (C=O) groups excluding carboxylic acids is 1. The highest BCUT2D eigenvalue weighted by molar-refractivity contribution is 5.88. The van der Waals surface area contributed by atoms with Crippen molar-refractivity contribution < 1.29 is 15.0 Å². The Morgan fingerprint density at radius 1 is 1.16 bits per heavy atom. The largest absolute Gasteiger partial charge is 0.388 e. The van der Waals surface area contributed by atoms with Gasteiger partial charge in [0.15, 0.2) is 0 Å². The van der Waals surface area contributed by atoms with Gasteiger partial charge in [0.1, 0.15) is 6.10 Å². The van der Waals surface area contributed by atoms with Crippen LogP contribution in [0.25, 0.3) is 0 Å². The molecule has 1 aromatic rings. The van der Waals surface area contributed by atoms with E-state index in [9.17, 15) is 15.0 Å². The van der Waals surface area contributed by atoms with Crippen LogP contribution in [0.1, 0.15) is 38.2 Å². The van der Waals surface area contributed by atoms with Gasteiger partial charge >= 0.3 is 0 Å². The third kappa shape index (κ3) is 3.33. The maximum Gasteiger partial charge on any atom is 0.233 e. The van der Waals surface area contributed by atoms with E-state index in [2.05, 4.69) is 11.9 Å². The third-order valence-electron chi connectivity index (χ3n) is 6.30. The van der Waals surface area contributed by atoms with Crippen LogP contribution in [0, 0.1) is 0 Å². The van der Waals surface area contributed by atoms with Crippen molar-refractivity contribution in [1.82, 2.24) is 9.80 Å². The smallest absolute Gasteiger partial charge is 0.233 e. The summed E-state index contributed by atoms with van der Waals surface area (Å²) in [7, 11) is 2.09. The molecule has 138 valence electrons. The summed E-state index contributed by atoms with van der Waals surface area (Å²) in [5, 5.41) is 20.9. The van der Waals surface area contributed by atoms with E-state index in [0.717, 1.165) is 31.5 Å². The fourth-order valence-electron chi connectivity index (χ4n) is 4.25. The molecular weight excluding hydrogens is 316 g/mol. The number of benzene rings is 1. The van der Waals surface area contributed by atoms with Gasteiger partial charge in [-0.2, -0.15) is 0 Å². The zero-order valence-electron chi connectivity index (χ0n) is 15.3. The number of likely N-dealkylation sites (tertiary alicyclic amines) is 2. The second-order valence-electron chi connectivity index (χ2n) is 7.73. The first-order chi connectivity index (χ1) is 11.9. The van der Waals surface area contributed by atoms with Crippen molar-refractivity contribution >= 4 is 5.91 Å². The van der Waals surface area contributed by atoms with Gasteiger partial charge in [0.25, 0.3) is 0 Å². The second kappa shape index (κ2) is 7.06. The quantitative estimate of drug-likeness (QED) is 0.868. The van der Waals surface area contributed by atoms with E-state index in [1.165, 1.54) is 0 Å². The van der Waals surface area contributed by atoms with Crippen molar-refractivity contribution in [2.24, 2.45) is 0 Å². The van der Waals surface area contributed by atoms with Crippen molar-refractivity contribution in [3.63, 3.8) is 0 Å². The Morgan fingerprint density at radius 2 is 1.80 bits per heavy atom. The molecule has 0 unspecified atom stereocenters. The molecule has 5 heteroatoms. The van der Waals surface area contributed by atoms with Crippen molar-refractivity contribution in [3.8, 4) is 0 Å². The Hall–Kier alpha value is -1.43. The van der Waals surface area contributed by atoms with Crippen LogP contribution in [-0.2, 0) is 10.2 Å². The lowest BCUT2D eigenvalue weighted by Crippen LogP contribution is -2.60. The summed E-state index contributed by atoms with van der Waals surface area (Å²) in [6, 6.07) is 10.0. The second-order valence-corrected chi connectivity index (χ2v) is 7.73. The number of amides is 1. The lowest BCUT2D eigenvalue weighted by molar-refractivity contribution is -0.156. The molecule has 2 aliphatic rings. The Labute approximate surface area is 150 Å². The average molecular weight is 346 g/mol. The molecule has 0 radical (unpaired) electrons. The van der Waals surface area contributed by atoms with Crippen molar-refractivity contribution in [1.29, 1.82) is 0 Å². The molecule has 2 N–H and O–H groups in total. The standard InChI is InChI=1S/C20H30N2O3/c1-3-20(25)11-14-22(15-17(20)23)18(24)19(9-12-21(2)13-10-19)16-7-5-4-6-8-16/h4-8,17,23,25H,3,9-15H2,1-2H3/t17-,20-/m1/s1. The number of hydrogen-bond donors (Lipinski definition) is 2. The fraction of sp³-hybridized carbons (Fsp3) is 0.650. The molecule has 0 aliphatic carbocycles. The highest BCUT2D eigenvalue weighted by atomic mass is 16.3. The van der Waals surface area contributed by atoms with E-state index < -0.39 is 17.1 Å². The van der Waals surface area contributed by atoms with E-state index >= 15 is 0 Å². The van der Waals surface area contributed by atoms with Crippen LogP contribution in [0.2, 0.25) is 0 Å². The van der Waals surface area contributed by atoms with Gasteiger partial charge in [0.05, 0.1) is 11.0 Å². The molecule has 0 saturated carbocycles. The number of piperidine rings is 2. The molecule has 3 rings (SSSR count). The minimum atomic E-state index is -1.07. The van der Waals surface area contributed by atoms with E-state index in [4.69, 9.17) is 0 Å². The van der Waals surface area contributed by atoms with Crippen LogP contribution in [-0.4, -0.2) is 70.9 Å². The summed E-state index contributed by atoms with van der Waals surface area (Å²) >= 11 is 0. The lowest BCUT2D eigenvalue weighted by atomic mass is 9.71. The number of aliphatic hydroxyl groups excluding tert-OH is 1. The Morgan fingerprint density at radius 3 is 2.36 bits per heavy atom. The van der Waals surface area contributed by atoms with Gasteiger partial charge in [-0.05, 0) is 51.4 Å². The Balaban J connectivity index is 1.86. The van der Waals surface area contributed by atoms with Gasteiger partial charge in [-0.15, -0.1) is 0 Å². The molecule has 2 fully saturated rings. The van der Waals surface area contributed by atoms with Crippen LogP contribution in [0.4, 0.5) is 0 Å². The van der Waals surface area contributed by atoms with Crippen LogP contribution in [0.5, 0.6) is 0 Å². The van der Waals surface area contributed by atoms with Crippen LogP contribution < -0.4 is 0 Å². The summed E-state index contributed by atoms with van der Waals surface area (Å²) in [6.45, 7) is 4.37. The van der Waals surface area contributed by atoms with E-state index in [-0.39, 0.29) is 12.5 Å². The normalized spacial score (nSPS) is 30.2. The number of aliphatic hydroxyl groups is 2. The number of rotatable bonds is 3. The molecule has 0 spiro atoms. The number of nitrogens with zero attached hydrogens (tertiary/aromatic N) is 2. The maximum absolute atomic E-state index is 13.5. The van der Waals surface area contributed by atoms with E-state index in [1.807, 2.05) is 37.3 Å². The zero-order valence-corrected chi connectivity index (χ0v) is 15.3. The van der Waals surface area contributed by atoms with Crippen molar-refractivity contribution in [2.75, 3.05) is 33.2 Å². The molecular formula is C20H30N2O3. The monoisotopic (exact) mass is 346 g/mol. The van der Waals surface area contributed by atoms with Crippen LogP contribution >= 0.6 is 0 Å². The molecule has 0 bridgehead atoms. The Bertz CT molecular complexity index is 598. The predicted molar refractivity (Wildman–Crippen MR) is 97.3 cm³/mol.